The SMILES string of the molecule is C[Si](C)(C)OC(c1ccccc1)(c1ccccc1)[C@@H]1CC(=O)Oc2ccccc21. The van der Waals surface area contributed by atoms with Gasteiger partial charge in [0.05, 0.1) is 6.42 Å². The molecule has 4 heteroatoms. The average Bonchev–Trinajstić information content (AvgIpc) is 2.72. The second-order valence-electron chi connectivity index (χ2n) is 8.45. The molecule has 0 bridgehead atoms. The molecule has 3 nitrogen and oxygen atoms in total. The fraction of sp³-hybridized carbons (Fsp3) is 0.240. The number of hydrogen-bond donors (Lipinski definition) is 0. The molecule has 0 saturated carbocycles. The number of hydrogen-bond acceptors (Lipinski definition) is 3. The Kier molecular flexibility index (Phi) is 5.15. The van der Waals surface area contributed by atoms with Gasteiger partial charge in [-0.3, -0.25) is 4.79 Å². The smallest absolute Gasteiger partial charge is 0.311 e. The van der Waals surface area contributed by atoms with Gasteiger partial charge >= 0.3 is 5.97 Å². The van der Waals surface area contributed by atoms with Gasteiger partial charge in [0.15, 0.2) is 8.32 Å². The molecule has 0 aliphatic carbocycles. The molecule has 0 saturated heterocycles. The van der Waals surface area contributed by atoms with Gasteiger partial charge in [-0.05, 0) is 36.8 Å². The summed E-state index contributed by atoms with van der Waals surface area (Å²) < 4.78 is 12.6. The summed E-state index contributed by atoms with van der Waals surface area (Å²) in [5.74, 6) is 0.227. The molecule has 4 rings (SSSR count). The highest BCUT2D eigenvalue weighted by atomic mass is 28.4. The van der Waals surface area contributed by atoms with Crippen LogP contribution in [0.15, 0.2) is 84.9 Å². The van der Waals surface area contributed by atoms with Crippen molar-refractivity contribution >= 4 is 14.3 Å². The molecule has 1 aliphatic rings. The Balaban J connectivity index is 2.04. The molecule has 0 fully saturated rings. The van der Waals surface area contributed by atoms with E-state index in [4.69, 9.17) is 9.16 Å². The summed E-state index contributed by atoms with van der Waals surface area (Å²) in [4.78, 5) is 12.6. The molecule has 0 spiro atoms. The molecule has 0 amide bonds. The first-order valence-electron chi connectivity index (χ1n) is 10.0. The number of ether oxygens (including phenoxy) is 1. The normalized spacial score (nSPS) is 16.8. The minimum Gasteiger partial charge on any atom is -0.426 e. The maximum atomic E-state index is 12.6. The van der Waals surface area contributed by atoms with E-state index in [9.17, 15) is 4.79 Å². The lowest BCUT2D eigenvalue weighted by Crippen LogP contribution is -2.47. The third-order valence-electron chi connectivity index (χ3n) is 5.25. The molecule has 1 atom stereocenters. The maximum Gasteiger partial charge on any atom is 0.311 e. The van der Waals surface area contributed by atoms with Crippen molar-refractivity contribution in [3.63, 3.8) is 0 Å². The first-order chi connectivity index (χ1) is 13.9. The standard InChI is InChI=1S/C25H26O3Si/c1-29(2,3)28-25(19-12-6-4-7-13-19,20-14-8-5-9-15-20)22-18-24(26)27-23-17-11-10-16-21(22)23/h4-17,22H,18H2,1-3H3/t22-/m1/s1. The molecule has 3 aromatic rings. The van der Waals surface area contributed by atoms with Crippen LogP contribution in [0.25, 0.3) is 0 Å². The zero-order valence-electron chi connectivity index (χ0n) is 17.1. The van der Waals surface area contributed by atoms with Crippen molar-refractivity contribution < 1.29 is 14.0 Å². The lowest BCUT2D eigenvalue weighted by atomic mass is 9.70. The molecule has 148 valence electrons. The van der Waals surface area contributed by atoms with Crippen molar-refractivity contribution in [1.29, 1.82) is 0 Å². The molecule has 3 aromatic carbocycles. The fourth-order valence-electron chi connectivity index (χ4n) is 4.28. The van der Waals surface area contributed by atoms with Gasteiger partial charge in [-0.15, -0.1) is 0 Å². The molecular formula is C25H26O3Si. The van der Waals surface area contributed by atoms with Crippen LogP contribution in [0.5, 0.6) is 5.75 Å². The van der Waals surface area contributed by atoms with E-state index in [0.29, 0.717) is 5.75 Å². The second-order valence-corrected chi connectivity index (χ2v) is 12.9. The Morgan fingerprint density at radius 1 is 0.828 bits per heavy atom. The van der Waals surface area contributed by atoms with Crippen molar-refractivity contribution in [2.45, 2.75) is 37.6 Å². The first-order valence-corrected chi connectivity index (χ1v) is 13.4. The van der Waals surface area contributed by atoms with Gasteiger partial charge in [0, 0.05) is 11.5 Å². The highest BCUT2D eigenvalue weighted by Gasteiger charge is 2.49. The van der Waals surface area contributed by atoms with Crippen LogP contribution in [0, 0.1) is 0 Å². The molecule has 0 N–H and O–H groups in total. The lowest BCUT2D eigenvalue weighted by Gasteiger charge is -2.47. The average molecular weight is 403 g/mol. The third-order valence-corrected chi connectivity index (χ3v) is 6.19. The van der Waals surface area contributed by atoms with Crippen LogP contribution in [0.4, 0.5) is 0 Å². The quantitative estimate of drug-likeness (QED) is 0.304. The number of carbonyl (C=O) groups is 1. The van der Waals surface area contributed by atoms with Crippen molar-refractivity contribution in [2.75, 3.05) is 0 Å². The number of esters is 1. The molecule has 0 radical (unpaired) electrons. The van der Waals surface area contributed by atoms with E-state index in [1.165, 1.54) is 0 Å². The van der Waals surface area contributed by atoms with Crippen molar-refractivity contribution in [3.8, 4) is 5.75 Å². The van der Waals surface area contributed by atoms with Gasteiger partial charge in [-0.1, -0.05) is 78.9 Å². The predicted molar refractivity (Wildman–Crippen MR) is 118 cm³/mol. The van der Waals surface area contributed by atoms with Crippen molar-refractivity contribution in [2.24, 2.45) is 0 Å². The molecule has 0 unspecified atom stereocenters. The molecule has 1 heterocycles. The van der Waals surface area contributed by atoms with E-state index in [1.807, 2.05) is 54.6 Å². The molecule has 1 aliphatic heterocycles. The molecule has 0 aromatic heterocycles. The minimum atomic E-state index is -2.04. The number of carbonyl (C=O) groups excluding carboxylic acids is 1. The zero-order valence-corrected chi connectivity index (χ0v) is 18.1. The lowest BCUT2D eigenvalue weighted by molar-refractivity contribution is -0.137. The number of rotatable bonds is 5. The second kappa shape index (κ2) is 7.62. The van der Waals surface area contributed by atoms with Gasteiger partial charge in [-0.2, -0.15) is 0 Å². The Labute approximate surface area is 173 Å². The van der Waals surface area contributed by atoms with Crippen LogP contribution in [-0.2, 0) is 14.8 Å². The van der Waals surface area contributed by atoms with Crippen LogP contribution in [0.3, 0.4) is 0 Å². The predicted octanol–water partition coefficient (Wildman–Crippen LogP) is 5.87. The summed E-state index contributed by atoms with van der Waals surface area (Å²) >= 11 is 0. The molecular weight excluding hydrogens is 376 g/mol. The van der Waals surface area contributed by atoms with E-state index in [1.54, 1.807) is 0 Å². The third kappa shape index (κ3) is 3.78. The zero-order chi connectivity index (χ0) is 20.5. The monoisotopic (exact) mass is 402 g/mol. The fourth-order valence-corrected chi connectivity index (χ4v) is 5.62. The highest BCUT2D eigenvalue weighted by molar-refractivity contribution is 6.69. The topological polar surface area (TPSA) is 35.5 Å². The Morgan fingerprint density at radius 2 is 1.34 bits per heavy atom. The summed E-state index contributed by atoms with van der Waals surface area (Å²) in [7, 11) is -2.04. The van der Waals surface area contributed by atoms with E-state index in [-0.39, 0.29) is 18.3 Å². The number of para-hydroxylation sites is 1. The van der Waals surface area contributed by atoms with Gasteiger partial charge in [0.2, 0.25) is 0 Å². The maximum absolute atomic E-state index is 12.6. The van der Waals surface area contributed by atoms with E-state index in [0.717, 1.165) is 16.7 Å². The summed E-state index contributed by atoms with van der Waals surface area (Å²) in [6.07, 6.45) is 0.269. The van der Waals surface area contributed by atoms with Crippen LogP contribution in [0.1, 0.15) is 29.0 Å². The van der Waals surface area contributed by atoms with Crippen LogP contribution < -0.4 is 4.74 Å². The van der Waals surface area contributed by atoms with Gasteiger partial charge in [-0.25, -0.2) is 0 Å². The summed E-state index contributed by atoms with van der Waals surface area (Å²) in [5.41, 5.74) is 2.35. The number of fused-ring (bicyclic) bond motifs is 1. The first kappa shape index (κ1) is 19.6. The Bertz CT molecular complexity index is 954. The van der Waals surface area contributed by atoms with E-state index in [2.05, 4.69) is 50.0 Å². The Morgan fingerprint density at radius 3 is 1.90 bits per heavy atom. The summed E-state index contributed by atoms with van der Waals surface area (Å²) in [5, 5.41) is 0. The number of benzene rings is 3. The van der Waals surface area contributed by atoms with Gasteiger partial charge in [0.1, 0.15) is 11.4 Å². The molecule has 29 heavy (non-hydrogen) atoms. The van der Waals surface area contributed by atoms with Crippen molar-refractivity contribution in [3.05, 3.63) is 102 Å². The van der Waals surface area contributed by atoms with Crippen LogP contribution in [0.2, 0.25) is 19.6 Å². The minimum absolute atomic E-state index is 0.184. The highest BCUT2D eigenvalue weighted by Crippen LogP contribution is 2.52. The van der Waals surface area contributed by atoms with Crippen LogP contribution >= 0.6 is 0 Å². The van der Waals surface area contributed by atoms with Gasteiger partial charge < -0.3 is 9.16 Å². The largest absolute Gasteiger partial charge is 0.426 e. The Hall–Kier alpha value is -2.69. The van der Waals surface area contributed by atoms with Crippen molar-refractivity contribution in [1.82, 2.24) is 0 Å². The van der Waals surface area contributed by atoms with Gasteiger partial charge in [0.25, 0.3) is 0 Å². The van der Waals surface area contributed by atoms with E-state index >= 15 is 0 Å². The summed E-state index contributed by atoms with van der Waals surface area (Å²) in [6.45, 7) is 6.59. The summed E-state index contributed by atoms with van der Waals surface area (Å²) in [6, 6.07) is 28.4. The van der Waals surface area contributed by atoms with Crippen LogP contribution in [-0.4, -0.2) is 14.3 Å². The van der Waals surface area contributed by atoms with E-state index < -0.39 is 13.9 Å².